The number of nitrogens with zero attached hydrogens (tertiary/aromatic N) is 3. The Labute approximate surface area is 221 Å². The van der Waals surface area contributed by atoms with Gasteiger partial charge in [-0.2, -0.15) is 13.2 Å². The number of amides is 1. The molecule has 0 spiro atoms. The van der Waals surface area contributed by atoms with Crippen molar-refractivity contribution in [2.75, 3.05) is 44.3 Å². The van der Waals surface area contributed by atoms with Gasteiger partial charge in [0.2, 0.25) is 10.0 Å². The number of aromatic nitrogens is 1. The SMILES string of the molecule is CO[C@@H]1CN(C)C(=O)c2cc(NS(=O)(=O)CC(F)(F)F)ccc2OC[C@@H](C)N(Cc2ccccn2)C[C@@H]1C. The van der Waals surface area contributed by atoms with Crippen molar-refractivity contribution in [2.45, 2.75) is 38.7 Å². The van der Waals surface area contributed by atoms with Crippen LogP contribution in [0.25, 0.3) is 0 Å². The highest BCUT2D eigenvalue weighted by Gasteiger charge is 2.35. The molecule has 0 aliphatic carbocycles. The average molecular weight is 559 g/mol. The van der Waals surface area contributed by atoms with Crippen LogP contribution in [0.2, 0.25) is 0 Å². The van der Waals surface area contributed by atoms with Crippen molar-refractivity contribution in [1.82, 2.24) is 14.8 Å². The number of rotatable bonds is 6. The van der Waals surface area contributed by atoms with Crippen LogP contribution in [0, 0.1) is 5.92 Å². The Hall–Kier alpha value is -2.90. The van der Waals surface area contributed by atoms with Crippen LogP contribution in [0.5, 0.6) is 5.75 Å². The number of fused-ring (bicyclic) bond motifs is 1. The van der Waals surface area contributed by atoms with Gasteiger partial charge in [-0.1, -0.05) is 13.0 Å². The summed E-state index contributed by atoms with van der Waals surface area (Å²) in [6.07, 6.45) is -3.50. The van der Waals surface area contributed by atoms with Gasteiger partial charge in [-0.3, -0.25) is 19.4 Å². The fourth-order valence-electron chi connectivity index (χ4n) is 4.27. The van der Waals surface area contributed by atoms with Gasteiger partial charge < -0.3 is 14.4 Å². The lowest BCUT2D eigenvalue weighted by atomic mass is 10.0. The molecule has 1 N–H and O–H groups in total. The second-order valence-corrected chi connectivity index (χ2v) is 11.3. The van der Waals surface area contributed by atoms with E-state index in [0.29, 0.717) is 13.1 Å². The number of methoxy groups -OCH3 is 1. The number of pyridine rings is 1. The first-order valence-electron chi connectivity index (χ1n) is 12.0. The van der Waals surface area contributed by atoms with E-state index in [1.807, 2.05) is 36.8 Å². The molecule has 1 aliphatic rings. The summed E-state index contributed by atoms with van der Waals surface area (Å²) >= 11 is 0. The highest BCUT2D eigenvalue weighted by molar-refractivity contribution is 7.92. The zero-order valence-electron chi connectivity index (χ0n) is 21.7. The minimum absolute atomic E-state index is 0.0146. The molecule has 9 nitrogen and oxygen atoms in total. The summed E-state index contributed by atoms with van der Waals surface area (Å²) in [6, 6.07) is 9.42. The van der Waals surface area contributed by atoms with Crippen LogP contribution in [0.4, 0.5) is 18.9 Å². The quantitative estimate of drug-likeness (QED) is 0.580. The zero-order chi connectivity index (χ0) is 28.1. The van der Waals surface area contributed by atoms with Gasteiger partial charge in [0.05, 0.1) is 17.4 Å². The summed E-state index contributed by atoms with van der Waals surface area (Å²) in [4.78, 5) is 21.4. The van der Waals surface area contributed by atoms with E-state index in [0.717, 1.165) is 5.69 Å². The summed E-state index contributed by atoms with van der Waals surface area (Å²) in [5.41, 5.74) is 0.731. The number of halogens is 3. The van der Waals surface area contributed by atoms with Crippen molar-refractivity contribution in [2.24, 2.45) is 5.92 Å². The van der Waals surface area contributed by atoms with Crippen molar-refractivity contribution < 1.29 is 35.9 Å². The van der Waals surface area contributed by atoms with E-state index in [1.165, 1.54) is 23.1 Å². The Balaban J connectivity index is 1.94. The molecule has 1 aromatic carbocycles. The second-order valence-electron chi connectivity index (χ2n) is 9.53. The predicted octanol–water partition coefficient (Wildman–Crippen LogP) is 3.39. The van der Waals surface area contributed by atoms with Gasteiger partial charge in [0.25, 0.3) is 5.91 Å². The molecule has 2 heterocycles. The Morgan fingerprint density at radius 2 is 1.92 bits per heavy atom. The zero-order valence-corrected chi connectivity index (χ0v) is 22.6. The van der Waals surface area contributed by atoms with Crippen LogP contribution in [0.3, 0.4) is 0 Å². The minimum atomic E-state index is -4.91. The van der Waals surface area contributed by atoms with E-state index in [1.54, 1.807) is 20.4 Å². The van der Waals surface area contributed by atoms with E-state index in [-0.39, 0.29) is 48.2 Å². The fourth-order valence-corrected chi connectivity index (χ4v) is 5.26. The van der Waals surface area contributed by atoms with Crippen molar-refractivity contribution in [3.05, 3.63) is 53.9 Å². The number of nitrogens with one attached hydrogen (secondary N) is 1. The van der Waals surface area contributed by atoms with Gasteiger partial charge in [-0.15, -0.1) is 0 Å². The molecule has 1 aliphatic heterocycles. The third kappa shape index (κ3) is 8.30. The molecule has 13 heteroatoms. The highest BCUT2D eigenvalue weighted by atomic mass is 32.2. The summed E-state index contributed by atoms with van der Waals surface area (Å²) < 4.78 is 75.7. The summed E-state index contributed by atoms with van der Waals surface area (Å²) in [7, 11) is -1.58. The normalized spacial score (nSPS) is 22.1. The van der Waals surface area contributed by atoms with Gasteiger partial charge in [-0.05, 0) is 43.2 Å². The van der Waals surface area contributed by atoms with Crippen LogP contribution >= 0.6 is 0 Å². The van der Waals surface area contributed by atoms with Gasteiger partial charge in [0.15, 0.2) is 5.75 Å². The van der Waals surface area contributed by atoms with Crippen LogP contribution in [0.1, 0.15) is 29.9 Å². The molecule has 38 heavy (non-hydrogen) atoms. The van der Waals surface area contributed by atoms with Crippen LogP contribution in [-0.2, 0) is 21.3 Å². The van der Waals surface area contributed by atoms with E-state index >= 15 is 0 Å². The second kappa shape index (κ2) is 12.3. The number of benzene rings is 1. The molecule has 210 valence electrons. The van der Waals surface area contributed by atoms with Gasteiger partial charge in [0, 0.05) is 51.7 Å². The number of likely N-dealkylation sites (N-methyl/N-ethyl adjacent to an activating group) is 1. The lowest BCUT2D eigenvalue weighted by Crippen LogP contribution is -2.46. The minimum Gasteiger partial charge on any atom is -0.491 e. The van der Waals surface area contributed by atoms with Crippen molar-refractivity contribution in [3.8, 4) is 5.75 Å². The van der Waals surface area contributed by atoms with Crippen molar-refractivity contribution in [1.29, 1.82) is 0 Å². The number of anilines is 1. The third-order valence-corrected chi connectivity index (χ3v) is 7.55. The van der Waals surface area contributed by atoms with Gasteiger partial charge >= 0.3 is 6.18 Å². The van der Waals surface area contributed by atoms with Crippen molar-refractivity contribution in [3.63, 3.8) is 0 Å². The molecule has 0 saturated heterocycles. The number of carbonyl (C=O) groups excluding carboxylic acids is 1. The summed E-state index contributed by atoms with van der Waals surface area (Å²) in [5.74, 6) is -2.32. The first-order chi connectivity index (χ1) is 17.8. The number of alkyl halides is 3. The largest absolute Gasteiger partial charge is 0.491 e. The standard InChI is InChI=1S/C25H33F3N4O5S/c1-17-12-32(13-20-7-5-6-10-29-20)18(2)15-37-22-9-8-19(30-38(34,35)16-25(26,27)28)11-21(22)24(33)31(3)14-23(17)36-4/h5-11,17-18,23,30H,12-16H2,1-4H3/t17-,18+,23+/m0/s1. The van der Waals surface area contributed by atoms with Gasteiger partial charge in [0.1, 0.15) is 12.4 Å². The molecular weight excluding hydrogens is 525 g/mol. The molecule has 0 bridgehead atoms. The molecule has 3 rings (SSSR count). The van der Waals surface area contributed by atoms with Gasteiger partial charge in [-0.25, -0.2) is 8.42 Å². The number of sulfonamides is 1. The molecule has 2 aromatic rings. The molecule has 3 atom stereocenters. The van der Waals surface area contributed by atoms with Crippen LogP contribution in [-0.4, -0.2) is 87.0 Å². The predicted molar refractivity (Wildman–Crippen MR) is 136 cm³/mol. The molecule has 1 amide bonds. The molecule has 0 unspecified atom stereocenters. The topological polar surface area (TPSA) is 101 Å². The molecule has 0 saturated carbocycles. The van der Waals surface area contributed by atoms with E-state index in [4.69, 9.17) is 9.47 Å². The Morgan fingerprint density at radius 1 is 1.18 bits per heavy atom. The van der Waals surface area contributed by atoms with E-state index in [2.05, 4.69) is 9.88 Å². The smallest absolute Gasteiger partial charge is 0.404 e. The highest BCUT2D eigenvalue weighted by Crippen LogP contribution is 2.28. The summed E-state index contributed by atoms with van der Waals surface area (Å²) in [6.45, 7) is 5.64. The summed E-state index contributed by atoms with van der Waals surface area (Å²) in [5, 5.41) is 0. The van der Waals surface area contributed by atoms with Crippen LogP contribution in [0.15, 0.2) is 42.6 Å². The number of hydrogen-bond donors (Lipinski definition) is 1. The van der Waals surface area contributed by atoms with E-state index < -0.39 is 27.9 Å². The van der Waals surface area contributed by atoms with E-state index in [9.17, 15) is 26.4 Å². The van der Waals surface area contributed by atoms with Crippen molar-refractivity contribution >= 4 is 21.6 Å². The maximum atomic E-state index is 13.4. The molecular formula is C25H33F3N4O5S. The molecule has 0 fully saturated rings. The Morgan fingerprint density at radius 3 is 2.55 bits per heavy atom. The first kappa shape index (κ1) is 29.7. The third-order valence-electron chi connectivity index (χ3n) is 6.29. The van der Waals surface area contributed by atoms with Crippen LogP contribution < -0.4 is 9.46 Å². The monoisotopic (exact) mass is 558 g/mol. The fraction of sp³-hybridized carbons (Fsp3) is 0.520. The Bertz CT molecular complexity index is 1200. The molecule has 0 radical (unpaired) electrons. The first-order valence-corrected chi connectivity index (χ1v) is 13.7. The lowest BCUT2D eigenvalue weighted by Gasteiger charge is -2.35. The number of carbonyl (C=O) groups is 1. The Kier molecular flexibility index (Phi) is 9.60. The molecule has 1 aromatic heterocycles. The number of hydrogen-bond acceptors (Lipinski definition) is 7. The maximum absolute atomic E-state index is 13.4. The maximum Gasteiger partial charge on any atom is 0.404 e. The average Bonchev–Trinajstić information content (AvgIpc) is 2.83. The lowest BCUT2D eigenvalue weighted by molar-refractivity contribution is -0.106. The number of ether oxygens (including phenoxy) is 2.